The van der Waals surface area contributed by atoms with Crippen LogP contribution in [0, 0.1) is 0 Å². The summed E-state index contributed by atoms with van der Waals surface area (Å²) >= 11 is 0. The molecule has 2 heterocycles. The Labute approximate surface area is 123 Å². The average Bonchev–Trinajstić information content (AvgIpc) is 2.93. The standard InChI is InChI=1S/C17H17N3O/c1-11(2)16-15(13-5-3-4-6-14(13)21)17(20-19-16)12-7-9-18-10-8-12/h3-11,21H,1-2H3,(H,19,20). The largest absolute Gasteiger partial charge is 0.507 e. The van der Waals surface area contributed by atoms with E-state index in [-0.39, 0.29) is 11.7 Å². The number of hydrogen-bond donors (Lipinski definition) is 2. The molecule has 3 rings (SSSR count). The van der Waals surface area contributed by atoms with E-state index in [0.29, 0.717) is 0 Å². The molecule has 106 valence electrons. The topological polar surface area (TPSA) is 61.8 Å². The van der Waals surface area contributed by atoms with Crippen molar-refractivity contribution in [3.8, 4) is 28.1 Å². The normalized spacial score (nSPS) is 11.0. The third kappa shape index (κ3) is 2.40. The van der Waals surface area contributed by atoms with Crippen LogP contribution in [0.1, 0.15) is 25.5 Å². The SMILES string of the molecule is CC(C)c1[nH]nc(-c2ccncc2)c1-c1ccccc1O. The van der Waals surface area contributed by atoms with Crippen LogP contribution in [0.3, 0.4) is 0 Å². The maximum atomic E-state index is 10.2. The van der Waals surface area contributed by atoms with Gasteiger partial charge in [0.05, 0.1) is 0 Å². The first-order valence-corrected chi connectivity index (χ1v) is 6.95. The van der Waals surface area contributed by atoms with Crippen LogP contribution in [-0.2, 0) is 0 Å². The van der Waals surface area contributed by atoms with E-state index in [9.17, 15) is 5.11 Å². The van der Waals surface area contributed by atoms with Crippen molar-refractivity contribution in [2.75, 3.05) is 0 Å². The van der Waals surface area contributed by atoms with Crippen LogP contribution in [0.4, 0.5) is 0 Å². The molecule has 1 aromatic carbocycles. The van der Waals surface area contributed by atoms with Gasteiger partial charge in [-0.15, -0.1) is 0 Å². The Balaban J connectivity index is 2.27. The first-order chi connectivity index (χ1) is 10.2. The average molecular weight is 279 g/mol. The molecular formula is C17H17N3O. The highest BCUT2D eigenvalue weighted by Gasteiger charge is 2.20. The van der Waals surface area contributed by atoms with Crippen molar-refractivity contribution < 1.29 is 5.11 Å². The number of aromatic amines is 1. The molecule has 0 radical (unpaired) electrons. The molecule has 0 spiro atoms. The molecule has 0 aliphatic carbocycles. The highest BCUT2D eigenvalue weighted by Crippen LogP contribution is 2.39. The van der Waals surface area contributed by atoms with Crippen molar-refractivity contribution in [3.63, 3.8) is 0 Å². The number of aromatic nitrogens is 3. The quantitative estimate of drug-likeness (QED) is 0.762. The second-order valence-corrected chi connectivity index (χ2v) is 5.27. The van der Waals surface area contributed by atoms with Gasteiger partial charge < -0.3 is 5.11 Å². The Bertz CT molecular complexity index is 748. The lowest BCUT2D eigenvalue weighted by atomic mass is 9.94. The van der Waals surface area contributed by atoms with Crippen LogP contribution >= 0.6 is 0 Å². The number of H-pyrrole nitrogens is 1. The van der Waals surface area contributed by atoms with Crippen LogP contribution in [0.25, 0.3) is 22.4 Å². The fourth-order valence-electron chi connectivity index (χ4n) is 2.45. The zero-order valence-electron chi connectivity index (χ0n) is 12.0. The fourth-order valence-corrected chi connectivity index (χ4v) is 2.45. The summed E-state index contributed by atoms with van der Waals surface area (Å²) in [5.41, 5.74) is 4.58. The number of phenols is 1. The molecule has 0 amide bonds. The molecule has 4 heteroatoms. The van der Waals surface area contributed by atoms with Crippen molar-refractivity contribution in [2.45, 2.75) is 19.8 Å². The van der Waals surface area contributed by atoms with E-state index in [1.165, 1.54) is 0 Å². The third-order valence-corrected chi connectivity index (χ3v) is 3.50. The van der Waals surface area contributed by atoms with Crippen molar-refractivity contribution in [1.29, 1.82) is 0 Å². The zero-order valence-corrected chi connectivity index (χ0v) is 12.0. The van der Waals surface area contributed by atoms with Crippen LogP contribution in [0.15, 0.2) is 48.8 Å². The van der Waals surface area contributed by atoms with Gasteiger partial charge in [-0.05, 0) is 24.1 Å². The number of rotatable bonds is 3. The number of nitrogens with one attached hydrogen (secondary N) is 1. The molecule has 21 heavy (non-hydrogen) atoms. The first kappa shape index (κ1) is 13.4. The van der Waals surface area contributed by atoms with E-state index in [1.807, 2.05) is 30.3 Å². The number of phenolic OH excluding ortho intramolecular Hbond substituents is 1. The molecule has 0 unspecified atom stereocenters. The molecule has 3 aromatic rings. The summed E-state index contributed by atoms with van der Waals surface area (Å²) < 4.78 is 0. The number of benzene rings is 1. The van der Waals surface area contributed by atoms with E-state index in [2.05, 4.69) is 29.0 Å². The van der Waals surface area contributed by atoms with Gasteiger partial charge in [0.1, 0.15) is 11.4 Å². The number of para-hydroxylation sites is 1. The van der Waals surface area contributed by atoms with Gasteiger partial charge in [0, 0.05) is 34.8 Å². The van der Waals surface area contributed by atoms with E-state index in [1.54, 1.807) is 18.5 Å². The summed E-state index contributed by atoms with van der Waals surface area (Å²) in [7, 11) is 0. The van der Waals surface area contributed by atoms with Crippen molar-refractivity contribution >= 4 is 0 Å². The van der Waals surface area contributed by atoms with E-state index < -0.39 is 0 Å². The third-order valence-electron chi connectivity index (χ3n) is 3.50. The summed E-state index contributed by atoms with van der Waals surface area (Å²) in [5, 5.41) is 17.8. The van der Waals surface area contributed by atoms with Gasteiger partial charge in [-0.25, -0.2) is 0 Å². The molecule has 2 aromatic heterocycles. The van der Waals surface area contributed by atoms with Crippen molar-refractivity contribution in [2.24, 2.45) is 0 Å². The zero-order chi connectivity index (χ0) is 14.8. The number of pyridine rings is 1. The smallest absolute Gasteiger partial charge is 0.123 e. The summed E-state index contributed by atoms with van der Waals surface area (Å²) in [6.07, 6.45) is 3.49. The molecule has 2 N–H and O–H groups in total. The summed E-state index contributed by atoms with van der Waals surface area (Å²) in [4.78, 5) is 4.05. The second-order valence-electron chi connectivity index (χ2n) is 5.27. The Hall–Kier alpha value is -2.62. The Morgan fingerprint density at radius 3 is 2.43 bits per heavy atom. The van der Waals surface area contributed by atoms with Gasteiger partial charge in [0.2, 0.25) is 0 Å². The van der Waals surface area contributed by atoms with Crippen molar-refractivity contribution in [3.05, 3.63) is 54.5 Å². The van der Waals surface area contributed by atoms with Gasteiger partial charge in [-0.3, -0.25) is 10.1 Å². The van der Waals surface area contributed by atoms with E-state index >= 15 is 0 Å². The number of hydrogen-bond acceptors (Lipinski definition) is 3. The van der Waals surface area contributed by atoms with Crippen molar-refractivity contribution in [1.82, 2.24) is 15.2 Å². The molecule has 4 nitrogen and oxygen atoms in total. The fraction of sp³-hybridized carbons (Fsp3) is 0.176. The van der Waals surface area contributed by atoms with E-state index in [0.717, 1.165) is 28.1 Å². The lowest BCUT2D eigenvalue weighted by Gasteiger charge is -2.10. The Morgan fingerprint density at radius 1 is 1.05 bits per heavy atom. The minimum absolute atomic E-state index is 0.260. The monoisotopic (exact) mass is 279 g/mol. The molecule has 0 saturated carbocycles. The molecule has 0 atom stereocenters. The van der Waals surface area contributed by atoms with Crippen LogP contribution in [-0.4, -0.2) is 20.3 Å². The van der Waals surface area contributed by atoms with Gasteiger partial charge in [0.15, 0.2) is 0 Å². The lowest BCUT2D eigenvalue weighted by Crippen LogP contribution is -1.92. The van der Waals surface area contributed by atoms with Crippen LogP contribution in [0.5, 0.6) is 5.75 Å². The van der Waals surface area contributed by atoms with E-state index in [4.69, 9.17) is 0 Å². The highest BCUT2D eigenvalue weighted by atomic mass is 16.3. The van der Waals surface area contributed by atoms with Crippen LogP contribution in [0.2, 0.25) is 0 Å². The minimum Gasteiger partial charge on any atom is -0.507 e. The number of nitrogens with zero attached hydrogens (tertiary/aromatic N) is 2. The Kier molecular flexibility index (Phi) is 3.44. The predicted molar refractivity (Wildman–Crippen MR) is 83.0 cm³/mol. The number of aromatic hydroxyl groups is 1. The molecule has 0 aliphatic rings. The molecule has 0 bridgehead atoms. The first-order valence-electron chi connectivity index (χ1n) is 6.95. The molecular weight excluding hydrogens is 262 g/mol. The van der Waals surface area contributed by atoms with Gasteiger partial charge in [-0.2, -0.15) is 5.10 Å². The minimum atomic E-state index is 0.260. The van der Waals surface area contributed by atoms with Gasteiger partial charge in [0.25, 0.3) is 0 Å². The maximum absolute atomic E-state index is 10.2. The van der Waals surface area contributed by atoms with Gasteiger partial charge >= 0.3 is 0 Å². The molecule has 0 fully saturated rings. The molecule has 0 saturated heterocycles. The summed E-state index contributed by atoms with van der Waals surface area (Å²) in [5.74, 6) is 0.541. The maximum Gasteiger partial charge on any atom is 0.123 e. The summed E-state index contributed by atoms with van der Waals surface area (Å²) in [6, 6.07) is 11.2. The Morgan fingerprint density at radius 2 is 1.76 bits per heavy atom. The second kappa shape index (κ2) is 5.40. The predicted octanol–water partition coefficient (Wildman–Crippen LogP) is 3.97. The highest BCUT2D eigenvalue weighted by molar-refractivity contribution is 5.85. The van der Waals surface area contributed by atoms with Gasteiger partial charge in [-0.1, -0.05) is 32.0 Å². The lowest BCUT2D eigenvalue weighted by molar-refractivity contribution is 0.477. The molecule has 0 aliphatic heterocycles. The van der Waals surface area contributed by atoms with Crippen LogP contribution < -0.4 is 0 Å². The summed E-state index contributed by atoms with van der Waals surface area (Å²) in [6.45, 7) is 4.21.